The molecule has 4 rings (SSSR count). The van der Waals surface area contributed by atoms with Crippen molar-refractivity contribution in [2.45, 2.75) is 44.6 Å². The second kappa shape index (κ2) is 9.76. The largest absolute Gasteiger partial charge is 0.382 e. The number of thiophene rings is 1. The third kappa shape index (κ3) is 4.73. The number of aryl methyl sites for hydroxylation is 2. The van der Waals surface area contributed by atoms with Gasteiger partial charge in [0.2, 0.25) is 11.7 Å². The van der Waals surface area contributed by atoms with Crippen LogP contribution in [0.3, 0.4) is 0 Å². The monoisotopic (exact) mass is 456 g/mol. The molecule has 0 amide bonds. The fraction of sp³-hybridized carbons (Fsp3) is 0.364. The van der Waals surface area contributed by atoms with Crippen molar-refractivity contribution in [1.82, 2.24) is 19.7 Å². The van der Waals surface area contributed by atoms with Gasteiger partial charge >= 0.3 is 0 Å². The van der Waals surface area contributed by atoms with Crippen molar-refractivity contribution in [1.29, 1.82) is 0 Å². The van der Waals surface area contributed by atoms with Gasteiger partial charge in [-0.05, 0) is 32.8 Å². The molecule has 0 unspecified atom stereocenters. The summed E-state index contributed by atoms with van der Waals surface area (Å²) in [5.41, 5.74) is 1.91. The van der Waals surface area contributed by atoms with E-state index in [2.05, 4.69) is 10.1 Å². The molecule has 0 aliphatic rings. The molecule has 162 valence electrons. The summed E-state index contributed by atoms with van der Waals surface area (Å²) in [7, 11) is 0. The number of rotatable bonds is 9. The van der Waals surface area contributed by atoms with E-state index in [4.69, 9.17) is 14.2 Å². The minimum atomic E-state index is 0.00125. The van der Waals surface area contributed by atoms with E-state index >= 15 is 0 Å². The number of fused-ring (bicyclic) bond motifs is 1. The van der Waals surface area contributed by atoms with Crippen LogP contribution in [0.4, 0.5) is 0 Å². The Balaban J connectivity index is 1.60. The molecule has 0 radical (unpaired) electrons. The lowest BCUT2D eigenvalue weighted by atomic mass is 10.2. The lowest BCUT2D eigenvalue weighted by Gasteiger charge is -2.11. The van der Waals surface area contributed by atoms with Crippen LogP contribution in [-0.4, -0.2) is 32.9 Å². The van der Waals surface area contributed by atoms with Gasteiger partial charge in [-0.25, -0.2) is 4.98 Å². The fourth-order valence-electron chi connectivity index (χ4n) is 3.23. The van der Waals surface area contributed by atoms with Crippen LogP contribution in [0.1, 0.15) is 29.7 Å². The van der Waals surface area contributed by atoms with Crippen LogP contribution < -0.4 is 5.56 Å². The molecule has 3 heterocycles. The third-order valence-corrected chi connectivity index (χ3v) is 7.02. The van der Waals surface area contributed by atoms with Crippen LogP contribution in [0.15, 0.2) is 44.8 Å². The molecule has 0 atom stereocenters. The van der Waals surface area contributed by atoms with Crippen LogP contribution in [-0.2, 0) is 17.0 Å². The molecule has 0 saturated heterocycles. The molecule has 0 spiro atoms. The van der Waals surface area contributed by atoms with Crippen LogP contribution in [0.25, 0.3) is 21.6 Å². The smallest absolute Gasteiger partial charge is 0.263 e. The number of nitrogens with zero attached hydrogens (tertiary/aromatic N) is 4. The van der Waals surface area contributed by atoms with E-state index in [1.807, 2.05) is 51.1 Å². The maximum absolute atomic E-state index is 13.3. The number of hydrogen-bond donors (Lipinski definition) is 0. The SMILES string of the molecule is CCOCCCn1c(SCc2nc(-c3ccccc3)no2)nc2sc(C)c(C)c2c1=O. The first kappa shape index (κ1) is 21.7. The molecular formula is C22H24N4O3S2. The number of aromatic nitrogens is 4. The van der Waals surface area contributed by atoms with Crippen LogP contribution >= 0.6 is 23.1 Å². The standard InChI is InChI=1S/C22H24N4O3S2/c1-4-28-12-8-11-26-21(27)18-14(2)15(3)31-20(18)24-22(26)30-13-17-23-19(25-29-17)16-9-6-5-7-10-16/h5-7,9-10H,4,8,11-13H2,1-3H3. The fourth-order valence-corrected chi connectivity index (χ4v) is 5.16. The zero-order valence-electron chi connectivity index (χ0n) is 17.8. The summed E-state index contributed by atoms with van der Waals surface area (Å²) in [5, 5.41) is 5.45. The summed E-state index contributed by atoms with van der Waals surface area (Å²) < 4.78 is 12.6. The lowest BCUT2D eigenvalue weighted by molar-refractivity contribution is 0.140. The molecule has 31 heavy (non-hydrogen) atoms. The predicted octanol–water partition coefficient (Wildman–Crippen LogP) is 4.84. The Hall–Kier alpha value is -2.49. The summed E-state index contributed by atoms with van der Waals surface area (Å²) in [6, 6.07) is 9.70. The van der Waals surface area contributed by atoms with Gasteiger partial charge in [0.1, 0.15) is 4.83 Å². The highest BCUT2D eigenvalue weighted by atomic mass is 32.2. The molecule has 4 aromatic rings. The lowest BCUT2D eigenvalue weighted by Crippen LogP contribution is -2.24. The van der Waals surface area contributed by atoms with Crippen LogP contribution in [0.2, 0.25) is 0 Å². The Labute approximate surface area is 188 Å². The zero-order valence-corrected chi connectivity index (χ0v) is 19.4. The van der Waals surface area contributed by atoms with Crippen molar-refractivity contribution in [2.24, 2.45) is 0 Å². The van der Waals surface area contributed by atoms with Gasteiger partial charge in [-0.15, -0.1) is 11.3 Å². The first-order chi connectivity index (χ1) is 15.1. The van der Waals surface area contributed by atoms with E-state index < -0.39 is 0 Å². The number of benzene rings is 1. The third-order valence-electron chi connectivity index (χ3n) is 4.95. The quantitative estimate of drug-likeness (QED) is 0.202. The second-order valence-electron chi connectivity index (χ2n) is 7.03. The molecule has 1 aromatic carbocycles. The molecule has 0 aliphatic carbocycles. The minimum absolute atomic E-state index is 0.00125. The van der Waals surface area contributed by atoms with Gasteiger partial charge in [-0.1, -0.05) is 47.3 Å². The summed E-state index contributed by atoms with van der Waals surface area (Å²) >= 11 is 2.99. The molecule has 3 aromatic heterocycles. The molecule has 0 fully saturated rings. The van der Waals surface area contributed by atoms with Gasteiger partial charge in [0.15, 0.2) is 5.16 Å². The maximum Gasteiger partial charge on any atom is 0.263 e. The van der Waals surface area contributed by atoms with Crippen molar-refractivity contribution in [2.75, 3.05) is 13.2 Å². The molecule has 0 aliphatic heterocycles. The minimum Gasteiger partial charge on any atom is -0.382 e. The second-order valence-corrected chi connectivity index (χ2v) is 9.18. The highest BCUT2D eigenvalue weighted by Gasteiger charge is 2.18. The summed E-state index contributed by atoms with van der Waals surface area (Å²) in [4.78, 5) is 24.5. The van der Waals surface area contributed by atoms with Crippen molar-refractivity contribution < 1.29 is 9.26 Å². The predicted molar refractivity (Wildman–Crippen MR) is 124 cm³/mol. The molecule has 0 saturated carbocycles. The Kier molecular flexibility index (Phi) is 6.84. The van der Waals surface area contributed by atoms with Crippen LogP contribution in [0, 0.1) is 13.8 Å². The van der Waals surface area contributed by atoms with E-state index in [9.17, 15) is 4.79 Å². The normalized spacial score (nSPS) is 11.5. The average molecular weight is 457 g/mol. The maximum atomic E-state index is 13.3. The van der Waals surface area contributed by atoms with E-state index in [1.54, 1.807) is 15.9 Å². The van der Waals surface area contributed by atoms with Gasteiger partial charge in [0.25, 0.3) is 5.56 Å². The highest BCUT2D eigenvalue weighted by molar-refractivity contribution is 7.98. The van der Waals surface area contributed by atoms with E-state index in [0.717, 1.165) is 27.3 Å². The summed E-state index contributed by atoms with van der Waals surface area (Å²) in [5.74, 6) is 1.49. The Morgan fingerprint density at radius 2 is 2.00 bits per heavy atom. The van der Waals surface area contributed by atoms with E-state index in [1.165, 1.54) is 11.8 Å². The highest BCUT2D eigenvalue weighted by Crippen LogP contribution is 2.29. The van der Waals surface area contributed by atoms with E-state index in [0.29, 0.717) is 47.8 Å². The summed E-state index contributed by atoms with van der Waals surface area (Å²) in [6.45, 7) is 7.80. The first-order valence-electron chi connectivity index (χ1n) is 10.2. The number of thioether (sulfide) groups is 1. The van der Waals surface area contributed by atoms with Crippen molar-refractivity contribution in [3.05, 3.63) is 57.0 Å². The molecule has 0 N–H and O–H groups in total. The Bertz CT molecular complexity index is 1230. The Morgan fingerprint density at radius 1 is 1.19 bits per heavy atom. The zero-order chi connectivity index (χ0) is 21.8. The molecular weight excluding hydrogens is 432 g/mol. The summed E-state index contributed by atoms with van der Waals surface area (Å²) in [6.07, 6.45) is 0.745. The van der Waals surface area contributed by atoms with Gasteiger partial charge in [-0.3, -0.25) is 9.36 Å². The average Bonchev–Trinajstić information content (AvgIpc) is 3.36. The van der Waals surface area contributed by atoms with Crippen molar-refractivity contribution >= 4 is 33.3 Å². The van der Waals surface area contributed by atoms with Gasteiger partial charge in [0, 0.05) is 30.2 Å². The number of hydrogen-bond acceptors (Lipinski definition) is 8. The van der Waals surface area contributed by atoms with Crippen LogP contribution in [0.5, 0.6) is 0 Å². The first-order valence-corrected chi connectivity index (χ1v) is 12.0. The van der Waals surface area contributed by atoms with E-state index in [-0.39, 0.29) is 5.56 Å². The van der Waals surface area contributed by atoms with Crippen molar-refractivity contribution in [3.8, 4) is 11.4 Å². The molecule has 0 bridgehead atoms. The molecule has 9 heteroatoms. The van der Waals surface area contributed by atoms with Crippen molar-refractivity contribution in [3.63, 3.8) is 0 Å². The number of ether oxygens (including phenoxy) is 1. The van der Waals surface area contributed by atoms with Gasteiger partial charge in [-0.2, -0.15) is 4.98 Å². The van der Waals surface area contributed by atoms with Gasteiger partial charge < -0.3 is 9.26 Å². The Morgan fingerprint density at radius 3 is 2.77 bits per heavy atom. The topological polar surface area (TPSA) is 83.0 Å². The molecule has 7 nitrogen and oxygen atoms in total. The van der Waals surface area contributed by atoms with Gasteiger partial charge in [0.05, 0.1) is 11.1 Å².